The standard InChI is InChI=1S/C21H25NO2S.BrH/c1-22-11-8-14-12-17(23)18(24)13-15(14)20(22)21(9-5-10-21)16-6-3-4-7-19(16)25-2;/h3-4,6-7,12-13,20,23-24H,5,8-11H2,1-2H3;1H. The van der Waals surface area contributed by atoms with E-state index in [4.69, 9.17) is 0 Å². The Kier molecular flexibility index (Phi) is 5.61. The molecule has 0 saturated heterocycles. The van der Waals surface area contributed by atoms with Crippen LogP contribution < -0.4 is 0 Å². The number of benzene rings is 2. The van der Waals surface area contributed by atoms with E-state index >= 15 is 0 Å². The van der Waals surface area contributed by atoms with Gasteiger partial charge in [0.25, 0.3) is 0 Å². The van der Waals surface area contributed by atoms with Gasteiger partial charge in [-0.1, -0.05) is 24.6 Å². The van der Waals surface area contributed by atoms with Crippen molar-refractivity contribution in [2.45, 2.75) is 42.0 Å². The first-order valence-electron chi connectivity index (χ1n) is 8.95. The SMILES string of the molecule is Br.CSc1ccccc1C1(C2c3cc(O)c(O)cc3CCN2C)CCC1. The second-order valence-electron chi connectivity index (χ2n) is 7.38. The minimum atomic E-state index is -0.00771. The number of phenols is 2. The number of fused-ring (bicyclic) bond motifs is 1. The second-order valence-corrected chi connectivity index (χ2v) is 8.23. The van der Waals surface area contributed by atoms with E-state index in [1.165, 1.54) is 40.8 Å². The fourth-order valence-corrected chi connectivity index (χ4v) is 5.50. The summed E-state index contributed by atoms with van der Waals surface area (Å²) in [4.78, 5) is 3.79. The summed E-state index contributed by atoms with van der Waals surface area (Å²) in [6.07, 6.45) is 6.64. The van der Waals surface area contributed by atoms with E-state index in [9.17, 15) is 10.2 Å². The van der Waals surface area contributed by atoms with Gasteiger partial charge in [0.2, 0.25) is 0 Å². The highest BCUT2D eigenvalue weighted by Crippen LogP contribution is 2.57. The van der Waals surface area contributed by atoms with Gasteiger partial charge < -0.3 is 10.2 Å². The van der Waals surface area contributed by atoms with Gasteiger partial charge in [-0.25, -0.2) is 0 Å². The van der Waals surface area contributed by atoms with Crippen LogP contribution in [0, 0.1) is 0 Å². The lowest BCUT2D eigenvalue weighted by Gasteiger charge is -2.54. The number of thioether (sulfide) groups is 1. The topological polar surface area (TPSA) is 43.7 Å². The molecule has 0 aromatic heterocycles. The highest BCUT2D eigenvalue weighted by molar-refractivity contribution is 8.93. The van der Waals surface area contributed by atoms with Gasteiger partial charge in [0.1, 0.15) is 0 Å². The van der Waals surface area contributed by atoms with Gasteiger partial charge in [-0.15, -0.1) is 28.7 Å². The van der Waals surface area contributed by atoms with Gasteiger partial charge in [0.05, 0.1) is 0 Å². The molecule has 0 bridgehead atoms. The predicted molar refractivity (Wildman–Crippen MR) is 113 cm³/mol. The lowest BCUT2D eigenvalue weighted by Crippen LogP contribution is -2.50. The lowest BCUT2D eigenvalue weighted by atomic mass is 9.57. The highest BCUT2D eigenvalue weighted by atomic mass is 79.9. The molecule has 2 aromatic rings. The Morgan fingerprint density at radius 1 is 1.12 bits per heavy atom. The van der Waals surface area contributed by atoms with Crippen molar-refractivity contribution >= 4 is 28.7 Å². The lowest BCUT2D eigenvalue weighted by molar-refractivity contribution is 0.0695. The molecular formula is C21H26BrNO2S. The van der Waals surface area contributed by atoms with Crippen LogP contribution in [-0.2, 0) is 11.8 Å². The van der Waals surface area contributed by atoms with Crippen LogP contribution in [0.3, 0.4) is 0 Å². The summed E-state index contributed by atoms with van der Waals surface area (Å²) < 4.78 is 0. The number of rotatable bonds is 3. The monoisotopic (exact) mass is 435 g/mol. The zero-order chi connectivity index (χ0) is 17.6. The Bertz CT molecular complexity index is 807. The van der Waals surface area contributed by atoms with Gasteiger partial charge in [0.15, 0.2) is 11.5 Å². The quantitative estimate of drug-likeness (QED) is 0.522. The first-order valence-corrected chi connectivity index (χ1v) is 10.2. The molecule has 0 spiro atoms. The van der Waals surface area contributed by atoms with Crippen LogP contribution in [0.1, 0.15) is 42.0 Å². The van der Waals surface area contributed by atoms with Crippen molar-refractivity contribution in [3.63, 3.8) is 0 Å². The average molecular weight is 436 g/mol. The molecule has 1 atom stereocenters. The van der Waals surface area contributed by atoms with Crippen LogP contribution in [0.2, 0.25) is 0 Å². The van der Waals surface area contributed by atoms with Gasteiger partial charge >= 0.3 is 0 Å². The summed E-state index contributed by atoms with van der Waals surface area (Å²) in [6.45, 7) is 0.977. The third kappa shape index (κ3) is 2.94. The molecule has 2 aliphatic rings. The molecule has 0 radical (unpaired) electrons. The number of nitrogens with zero attached hydrogens (tertiary/aromatic N) is 1. The van der Waals surface area contributed by atoms with E-state index in [1.807, 2.05) is 11.8 Å². The van der Waals surface area contributed by atoms with Crippen LogP contribution in [0.15, 0.2) is 41.3 Å². The number of aromatic hydroxyl groups is 2. The number of phenolic OH excluding ortho intramolecular Hbond substituents is 2. The Morgan fingerprint density at radius 2 is 1.81 bits per heavy atom. The van der Waals surface area contributed by atoms with E-state index in [0.29, 0.717) is 0 Å². The molecule has 26 heavy (non-hydrogen) atoms. The zero-order valence-corrected chi connectivity index (χ0v) is 17.8. The molecule has 1 fully saturated rings. The van der Waals surface area contributed by atoms with Crippen LogP contribution in [-0.4, -0.2) is 35.0 Å². The van der Waals surface area contributed by atoms with Crippen molar-refractivity contribution in [2.75, 3.05) is 19.8 Å². The Labute approximate surface area is 170 Å². The van der Waals surface area contributed by atoms with Crippen molar-refractivity contribution in [3.05, 3.63) is 53.1 Å². The molecular weight excluding hydrogens is 410 g/mol. The summed E-state index contributed by atoms with van der Waals surface area (Å²) in [5.74, 6) is -0.0131. The fraction of sp³-hybridized carbons (Fsp3) is 0.429. The molecule has 1 unspecified atom stereocenters. The smallest absolute Gasteiger partial charge is 0.157 e. The first kappa shape index (κ1) is 19.6. The van der Waals surface area contributed by atoms with E-state index in [1.54, 1.807) is 12.1 Å². The third-order valence-corrected chi connectivity index (χ3v) is 6.91. The molecule has 2 N–H and O–H groups in total. The molecule has 0 amide bonds. The highest BCUT2D eigenvalue weighted by Gasteiger charge is 2.50. The second kappa shape index (κ2) is 7.45. The maximum atomic E-state index is 10.1. The maximum Gasteiger partial charge on any atom is 0.157 e. The molecule has 1 aliphatic heterocycles. The zero-order valence-electron chi connectivity index (χ0n) is 15.2. The average Bonchev–Trinajstić information content (AvgIpc) is 2.58. The van der Waals surface area contributed by atoms with Gasteiger partial charge in [-0.2, -0.15) is 0 Å². The minimum Gasteiger partial charge on any atom is -0.504 e. The van der Waals surface area contributed by atoms with Gasteiger partial charge in [-0.05, 0) is 67.5 Å². The van der Waals surface area contributed by atoms with E-state index in [0.717, 1.165) is 13.0 Å². The Hall–Kier alpha value is -1.17. The van der Waals surface area contributed by atoms with Crippen LogP contribution >= 0.6 is 28.7 Å². The summed E-state index contributed by atoms with van der Waals surface area (Å²) in [5.41, 5.74) is 3.88. The molecule has 1 saturated carbocycles. The molecule has 1 heterocycles. The van der Waals surface area contributed by atoms with Crippen molar-refractivity contribution < 1.29 is 10.2 Å². The van der Waals surface area contributed by atoms with Gasteiger partial charge in [-0.3, -0.25) is 4.90 Å². The maximum absolute atomic E-state index is 10.1. The van der Waals surface area contributed by atoms with Crippen LogP contribution in [0.4, 0.5) is 0 Å². The first-order chi connectivity index (χ1) is 12.1. The molecule has 4 rings (SSSR count). The Morgan fingerprint density at radius 3 is 2.46 bits per heavy atom. The third-order valence-electron chi connectivity index (χ3n) is 6.12. The normalized spacial score (nSPS) is 21.4. The number of hydrogen-bond acceptors (Lipinski definition) is 4. The van der Waals surface area contributed by atoms with E-state index in [-0.39, 0.29) is 39.9 Å². The summed E-state index contributed by atoms with van der Waals surface area (Å²) in [6, 6.07) is 12.6. The number of likely N-dealkylation sites (N-methyl/N-ethyl adjacent to an activating group) is 1. The minimum absolute atomic E-state index is 0. The molecule has 140 valence electrons. The molecule has 2 aromatic carbocycles. The number of halogens is 1. The largest absolute Gasteiger partial charge is 0.504 e. The van der Waals surface area contributed by atoms with Crippen molar-refractivity contribution in [1.29, 1.82) is 0 Å². The van der Waals surface area contributed by atoms with Crippen molar-refractivity contribution in [2.24, 2.45) is 0 Å². The Balaban J connectivity index is 0.00000196. The van der Waals surface area contributed by atoms with Crippen LogP contribution in [0.5, 0.6) is 11.5 Å². The number of hydrogen-bond donors (Lipinski definition) is 2. The van der Waals surface area contributed by atoms with Crippen LogP contribution in [0.25, 0.3) is 0 Å². The van der Waals surface area contributed by atoms with Gasteiger partial charge in [0, 0.05) is 22.9 Å². The fourth-order valence-electron chi connectivity index (χ4n) is 4.79. The predicted octanol–water partition coefficient (Wildman–Crippen LogP) is 5.05. The van der Waals surface area contributed by atoms with E-state index < -0.39 is 0 Å². The summed E-state index contributed by atoms with van der Waals surface area (Å²) >= 11 is 1.82. The van der Waals surface area contributed by atoms with E-state index in [2.05, 4.69) is 42.5 Å². The summed E-state index contributed by atoms with van der Waals surface area (Å²) in [5, 5.41) is 20.1. The molecule has 5 heteroatoms. The van der Waals surface area contributed by atoms with Crippen molar-refractivity contribution in [1.82, 2.24) is 4.90 Å². The summed E-state index contributed by atoms with van der Waals surface area (Å²) in [7, 11) is 2.19. The van der Waals surface area contributed by atoms with Crippen molar-refractivity contribution in [3.8, 4) is 11.5 Å². The molecule has 3 nitrogen and oxygen atoms in total. The molecule has 1 aliphatic carbocycles.